The lowest BCUT2D eigenvalue weighted by atomic mass is 10.2. The maximum absolute atomic E-state index is 5.78. The van der Waals surface area contributed by atoms with Gasteiger partial charge in [0.05, 0.1) is 10.2 Å². The zero-order valence-corrected chi connectivity index (χ0v) is 11.3. The third-order valence-electron chi connectivity index (χ3n) is 2.48. The van der Waals surface area contributed by atoms with Crippen LogP contribution in [0.15, 0.2) is 46.9 Å². The normalized spacial score (nSPS) is 10.9. The van der Waals surface area contributed by atoms with Crippen LogP contribution in [0.4, 0.5) is 5.69 Å². The molecule has 17 heavy (non-hydrogen) atoms. The predicted molar refractivity (Wildman–Crippen MR) is 77.2 cm³/mol. The van der Waals surface area contributed by atoms with E-state index in [9.17, 15) is 0 Å². The first-order chi connectivity index (χ1) is 8.22. The van der Waals surface area contributed by atoms with Crippen LogP contribution in [0, 0.1) is 0 Å². The number of rotatable bonds is 1. The molecule has 1 heterocycles. The highest BCUT2D eigenvalue weighted by Gasteiger charge is 2.06. The second-order valence-electron chi connectivity index (χ2n) is 3.76. The molecule has 0 aliphatic carbocycles. The lowest BCUT2D eigenvalue weighted by Gasteiger charge is -1.96. The molecule has 84 valence electrons. The molecular weight excluding hydrogens is 296 g/mol. The number of anilines is 1. The van der Waals surface area contributed by atoms with Crippen LogP contribution in [0.25, 0.3) is 20.8 Å². The molecule has 0 aliphatic rings. The van der Waals surface area contributed by atoms with Gasteiger partial charge in [0.1, 0.15) is 5.01 Å². The summed E-state index contributed by atoms with van der Waals surface area (Å²) in [6.45, 7) is 0. The van der Waals surface area contributed by atoms with Crippen molar-refractivity contribution in [1.29, 1.82) is 0 Å². The molecule has 0 unspecified atom stereocenters. The molecule has 3 aromatic rings. The summed E-state index contributed by atoms with van der Waals surface area (Å²) in [6.07, 6.45) is 0. The SMILES string of the molecule is Nc1cccc(-c2nc3cc(Br)ccc3s2)c1. The van der Waals surface area contributed by atoms with Crippen LogP contribution in [0.2, 0.25) is 0 Å². The Labute approximate surface area is 111 Å². The van der Waals surface area contributed by atoms with E-state index in [1.165, 1.54) is 4.70 Å². The van der Waals surface area contributed by atoms with Crippen LogP contribution < -0.4 is 5.73 Å². The maximum atomic E-state index is 5.78. The Morgan fingerprint density at radius 1 is 1.12 bits per heavy atom. The molecular formula is C13H9BrN2S. The lowest BCUT2D eigenvalue weighted by molar-refractivity contribution is 1.47. The number of nitrogens with two attached hydrogens (primary N) is 1. The summed E-state index contributed by atoms with van der Waals surface area (Å²) in [5.74, 6) is 0. The van der Waals surface area contributed by atoms with Crippen molar-refractivity contribution in [1.82, 2.24) is 4.98 Å². The Morgan fingerprint density at radius 2 is 2.00 bits per heavy atom. The first kappa shape index (κ1) is 10.7. The molecule has 0 bridgehead atoms. The second kappa shape index (κ2) is 4.13. The van der Waals surface area contributed by atoms with E-state index in [0.717, 1.165) is 26.2 Å². The third-order valence-corrected chi connectivity index (χ3v) is 4.06. The summed E-state index contributed by atoms with van der Waals surface area (Å²) in [5, 5.41) is 1.01. The highest BCUT2D eigenvalue weighted by atomic mass is 79.9. The molecule has 0 aliphatic heterocycles. The van der Waals surface area contributed by atoms with Gasteiger partial charge in [-0.25, -0.2) is 4.98 Å². The lowest BCUT2D eigenvalue weighted by Crippen LogP contribution is -1.84. The van der Waals surface area contributed by atoms with Crippen molar-refractivity contribution in [2.75, 3.05) is 5.73 Å². The van der Waals surface area contributed by atoms with Crippen LogP contribution in [0.3, 0.4) is 0 Å². The fourth-order valence-electron chi connectivity index (χ4n) is 1.70. The van der Waals surface area contributed by atoms with Crippen LogP contribution in [0.5, 0.6) is 0 Å². The molecule has 0 amide bonds. The zero-order valence-electron chi connectivity index (χ0n) is 8.85. The number of thiazole rings is 1. The van der Waals surface area contributed by atoms with Crippen molar-refractivity contribution >= 4 is 43.2 Å². The Morgan fingerprint density at radius 3 is 2.82 bits per heavy atom. The van der Waals surface area contributed by atoms with E-state index in [0.29, 0.717) is 0 Å². The van der Waals surface area contributed by atoms with Crippen LogP contribution in [0.1, 0.15) is 0 Å². The fraction of sp³-hybridized carbons (Fsp3) is 0. The highest BCUT2D eigenvalue weighted by molar-refractivity contribution is 9.10. The van der Waals surface area contributed by atoms with Crippen molar-refractivity contribution < 1.29 is 0 Å². The van der Waals surface area contributed by atoms with Crippen LogP contribution in [-0.2, 0) is 0 Å². The molecule has 0 spiro atoms. The largest absolute Gasteiger partial charge is 0.399 e. The van der Waals surface area contributed by atoms with Crippen molar-refractivity contribution in [3.63, 3.8) is 0 Å². The maximum Gasteiger partial charge on any atom is 0.124 e. The number of nitrogens with zero attached hydrogens (tertiary/aromatic N) is 1. The van der Waals surface area contributed by atoms with Crippen molar-refractivity contribution in [2.45, 2.75) is 0 Å². The van der Waals surface area contributed by atoms with E-state index in [2.05, 4.69) is 27.0 Å². The molecule has 0 saturated carbocycles. The second-order valence-corrected chi connectivity index (χ2v) is 5.70. The van der Waals surface area contributed by atoms with E-state index in [1.807, 2.05) is 36.4 Å². The number of benzene rings is 2. The van der Waals surface area contributed by atoms with Crippen LogP contribution in [-0.4, -0.2) is 4.98 Å². The van der Waals surface area contributed by atoms with Gasteiger partial charge < -0.3 is 5.73 Å². The summed E-state index contributed by atoms with van der Waals surface area (Å²) >= 11 is 5.13. The quantitative estimate of drug-likeness (QED) is 0.680. The van der Waals surface area contributed by atoms with E-state index in [4.69, 9.17) is 5.73 Å². The molecule has 2 N–H and O–H groups in total. The monoisotopic (exact) mass is 304 g/mol. The van der Waals surface area contributed by atoms with Gasteiger partial charge in [0, 0.05) is 15.7 Å². The molecule has 1 aromatic heterocycles. The number of hydrogen-bond donors (Lipinski definition) is 1. The van der Waals surface area contributed by atoms with Crippen molar-refractivity contribution in [2.24, 2.45) is 0 Å². The Kier molecular flexibility index (Phi) is 2.61. The van der Waals surface area contributed by atoms with Crippen molar-refractivity contribution in [3.05, 3.63) is 46.9 Å². The molecule has 0 radical (unpaired) electrons. The van der Waals surface area contributed by atoms with Gasteiger partial charge in [-0.2, -0.15) is 0 Å². The average molecular weight is 305 g/mol. The number of aromatic nitrogens is 1. The topological polar surface area (TPSA) is 38.9 Å². The van der Waals surface area contributed by atoms with E-state index in [1.54, 1.807) is 11.3 Å². The van der Waals surface area contributed by atoms with E-state index < -0.39 is 0 Å². The molecule has 0 atom stereocenters. The Balaban J connectivity index is 2.18. The summed E-state index contributed by atoms with van der Waals surface area (Å²) in [5.41, 5.74) is 8.64. The minimum absolute atomic E-state index is 0.767. The average Bonchev–Trinajstić information content (AvgIpc) is 2.72. The molecule has 0 saturated heterocycles. The van der Waals surface area contributed by atoms with Crippen LogP contribution >= 0.6 is 27.3 Å². The molecule has 4 heteroatoms. The van der Waals surface area contributed by atoms with Gasteiger partial charge in [-0.3, -0.25) is 0 Å². The standard InChI is InChI=1S/C13H9BrN2S/c14-9-4-5-12-11(7-9)16-13(17-12)8-2-1-3-10(15)6-8/h1-7H,15H2. The van der Waals surface area contributed by atoms with Gasteiger partial charge in [0.25, 0.3) is 0 Å². The summed E-state index contributed by atoms with van der Waals surface area (Å²) in [7, 11) is 0. The first-order valence-electron chi connectivity index (χ1n) is 5.14. The third kappa shape index (κ3) is 2.06. The Bertz CT molecular complexity index is 691. The molecule has 2 aromatic carbocycles. The van der Waals surface area contributed by atoms with E-state index in [-0.39, 0.29) is 0 Å². The van der Waals surface area contributed by atoms with Gasteiger partial charge in [0.2, 0.25) is 0 Å². The van der Waals surface area contributed by atoms with Gasteiger partial charge in [0.15, 0.2) is 0 Å². The number of hydrogen-bond acceptors (Lipinski definition) is 3. The fourth-order valence-corrected chi connectivity index (χ4v) is 2.99. The number of halogens is 1. The first-order valence-corrected chi connectivity index (χ1v) is 6.75. The van der Waals surface area contributed by atoms with E-state index >= 15 is 0 Å². The minimum atomic E-state index is 0.767. The molecule has 0 fully saturated rings. The van der Waals surface area contributed by atoms with Gasteiger partial charge in [-0.05, 0) is 30.3 Å². The summed E-state index contributed by atoms with van der Waals surface area (Å²) in [6, 6.07) is 14.0. The number of fused-ring (bicyclic) bond motifs is 1. The smallest absolute Gasteiger partial charge is 0.124 e. The molecule has 2 nitrogen and oxygen atoms in total. The minimum Gasteiger partial charge on any atom is -0.399 e. The number of nitrogen functional groups attached to an aromatic ring is 1. The van der Waals surface area contributed by atoms with Crippen molar-refractivity contribution in [3.8, 4) is 10.6 Å². The zero-order chi connectivity index (χ0) is 11.8. The molecule has 3 rings (SSSR count). The summed E-state index contributed by atoms with van der Waals surface area (Å²) < 4.78 is 2.24. The predicted octanol–water partition coefficient (Wildman–Crippen LogP) is 4.31. The van der Waals surface area contributed by atoms with Gasteiger partial charge >= 0.3 is 0 Å². The highest BCUT2D eigenvalue weighted by Crippen LogP contribution is 2.32. The van der Waals surface area contributed by atoms with Gasteiger partial charge in [-0.1, -0.05) is 28.1 Å². The Hall–Kier alpha value is -1.39. The summed E-state index contributed by atoms with van der Waals surface area (Å²) in [4.78, 5) is 4.62. The van der Waals surface area contributed by atoms with Gasteiger partial charge in [-0.15, -0.1) is 11.3 Å².